The Morgan fingerprint density at radius 3 is 2.50 bits per heavy atom. The lowest BCUT2D eigenvalue weighted by atomic mass is 10.0. The number of nitrogens with zero attached hydrogens (tertiary/aromatic N) is 3. The van der Waals surface area contributed by atoms with Gasteiger partial charge in [0.15, 0.2) is 5.82 Å². The van der Waals surface area contributed by atoms with Gasteiger partial charge in [0, 0.05) is 19.6 Å². The van der Waals surface area contributed by atoms with Crippen LogP contribution in [0, 0.1) is 11.8 Å². The summed E-state index contributed by atoms with van der Waals surface area (Å²) in [6.07, 6.45) is 4.21. The first-order valence-electron chi connectivity index (χ1n) is 6.14. The zero-order valence-corrected chi connectivity index (χ0v) is 9.47. The van der Waals surface area contributed by atoms with Gasteiger partial charge in [-0.3, -0.25) is 0 Å². The minimum absolute atomic E-state index is 0.471. The summed E-state index contributed by atoms with van der Waals surface area (Å²) in [6.45, 7) is 2.81. The summed E-state index contributed by atoms with van der Waals surface area (Å²) in [5, 5.41) is 8.37. The third kappa shape index (κ3) is 1.67. The molecule has 1 saturated carbocycles. The highest BCUT2D eigenvalue weighted by Crippen LogP contribution is 2.38. The lowest BCUT2D eigenvalue weighted by Crippen LogP contribution is -2.22. The van der Waals surface area contributed by atoms with Crippen LogP contribution >= 0.6 is 0 Å². The molecular weight excluding hydrogens is 200 g/mol. The highest BCUT2D eigenvalue weighted by molar-refractivity contribution is 5.39. The van der Waals surface area contributed by atoms with Gasteiger partial charge < -0.3 is 10.6 Å². The van der Waals surface area contributed by atoms with Crippen LogP contribution in [0.2, 0.25) is 0 Å². The summed E-state index contributed by atoms with van der Waals surface area (Å²) in [7, 11) is 0. The third-order valence-electron chi connectivity index (χ3n) is 3.97. The van der Waals surface area contributed by atoms with Crippen LogP contribution in [0.3, 0.4) is 0 Å². The number of nitrogens with two attached hydrogens (primary N) is 1. The normalized spacial score (nSPS) is 28.4. The first kappa shape index (κ1) is 10.0. The molecular formula is C12H18N4. The van der Waals surface area contributed by atoms with E-state index in [2.05, 4.69) is 21.2 Å². The molecule has 2 atom stereocenters. The van der Waals surface area contributed by atoms with E-state index in [4.69, 9.17) is 5.73 Å². The molecule has 0 radical (unpaired) electrons. The molecule has 86 valence electrons. The fourth-order valence-electron chi connectivity index (χ4n) is 3.05. The van der Waals surface area contributed by atoms with Gasteiger partial charge in [-0.1, -0.05) is 6.42 Å². The van der Waals surface area contributed by atoms with E-state index in [1.807, 2.05) is 6.07 Å². The molecule has 2 aliphatic rings. The van der Waals surface area contributed by atoms with Crippen molar-refractivity contribution in [1.82, 2.24) is 10.2 Å². The largest absolute Gasteiger partial charge is 0.355 e. The molecule has 16 heavy (non-hydrogen) atoms. The average Bonchev–Trinajstić information content (AvgIpc) is 2.89. The van der Waals surface area contributed by atoms with Crippen LogP contribution in [0.1, 0.15) is 25.0 Å². The van der Waals surface area contributed by atoms with Crippen molar-refractivity contribution in [2.24, 2.45) is 17.6 Å². The van der Waals surface area contributed by atoms with Crippen molar-refractivity contribution in [2.45, 2.75) is 25.8 Å². The Kier molecular flexibility index (Phi) is 2.52. The lowest BCUT2D eigenvalue weighted by molar-refractivity contribution is 0.494. The van der Waals surface area contributed by atoms with Gasteiger partial charge in [0.25, 0.3) is 0 Å². The Hall–Kier alpha value is -1.16. The summed E-state index contributed by atoms with van der Waals surface area (Å²) in [5.41, 5.74) is 6.38. The number of hydrogen-bond donors (Lipinski definition) is 1. The molecule has 0 amide bonds. The molecule has 3 rings (SSSR count). The average molecular weight is 218 g/mol. The van der Waals surface area contributed by atoms with Crippen molar-refractivity contribution in [3.63, 3.8) is 0 Å². The quantitative estimate of drug-likeness (QED) is 0.809. The summed E-state index contributed by atoms with van der Waals surface area (Å²) in [4.78, 5) is 2.38. The van der Waals surface area contributed by atoms with Gasteiger partial charge in [0.05, 0.1) is 5.69 Å². The summed E-state index contributed by atoms with van der Waals surface area (Å²) >= 11 is 0. The number of anilines is 1. The molecule has 2 heterocycles. The van der Waals surface area contributed by atoms with Gasteiger partial charge in [-0.15, -0.1) is 5.10 Å². The van der Waals surface area contributed by atoms with E-state index in [0.29, 0.717) is 6.54 Å². The molecule has 0 aromatic carbocycles. The fraction of sp³-hybridized carbons (Fsp3) is 0.667. The van der Waals surface area contributed by atoms with Crippen molar-refractivity contribution < 1.29 is 0 Å². The summed E-state index contributed by atoms with van der Waals surface area (Å²) in [5.74, 6) is 2.82. The van der Waals surface area contributed by atoms with Crippen molar-refractivity contribution in [1.29, 1.82) is 0 Å². The van der Waals surface area contributed by atoms with E-state index in [9.17, 15) is 0 Å². The molecule has 1 aromatic rings. The predicted molar refractivity (Wildman–Crippen MR) is 63.0 cm³/mol. The van der Waals surface area contributed by atoms with Gasteiger partial charge >= 0.3 is 0 Å². The third-order valence-corrected chi connectivity index (χ3v) is 3.97. The van der Waals surface area contributed by atoms with Gasteiger partial charge in [-0.2, -0.15) is 5.10 Å². The first-order valence-corrected chi connectivity index (χ1v) is 6.14. The fourth-order valence-corrected chi connectivity index (χ4v) is 3.05. The van der Waals surface area contributed by atoms with Crippen LogP contribution in [-0.4, -0.2) is 23.3 Å². The molecule has 1 aromatic heterocycles. The maximum atomic E-state index is 5.51. The maximum absolute atomic E-state index is 5.51. The number of aromatic nitrogens is 2. The highest BCUT2D eigenvalue weighted by atomic mass is 15.3. The molecule has 4 heteroatoms. The predicted octanol–water partition coefficient (Wildman–Crippen LogP) is 1.17. The summed E-state index contributed by atoms with van der Waals surface area (Å²) < 4.78 is 0. The molecule has 1 saturated heterocycles. The minimum atomic E-state index is 0.471. The SMILES string of the molecule is NCc1ccc(N2CC3CCCC3C2)nn1. The van der Waals surface area contributed by atoms with E-state index >= 15 is 0 Å². The second-order valence-corrected chi connectivity index (χ2v) is 4.94. The molecule has 2 fully saturated rings. The molecule has 1 aliphatic heterocycles. The van der Waals surface area contributed by atoms with Crippen LogP contribution in [0.4, 0.5) is 5.82 Å². The van der Waals surface area contributed by atoms with Gasteiger partial charge in [-0.25, -0.2) is 0 Å². The maximum Gasteiger partial charge on any atom is 0.151 e. The second kappa shape index (κ2) is 4.01. The first-order chi connectivity index (χ1) is 7.86. The van der Waals surface area contributed by atoms with E-state index in [1.54, 1.807) is 0 Å². The second-order valence-electron chi connectivity index (χ2n) is 4.94. The van der Waals surface area contributed by atoms with Crippen LogP contribution < -0.4 is 10.6 Å². The molecule has 4 nitrogen and oxygen atoms in total. The standard InChI is InChI=1S/C12H18N4/c13-6-11-4-5-12(15-14-11)16-7-9-2-1-3-10(9)8-16/h4-5,9-10H,1-3,6-8,13H2. The van der Waals surface area contributed by atoms with E-state index in [-0.39, 0.29) is 0 Å². The Balaban J connectivity index is 1.73. The molecule has 0 spiro atoms. The smallest absolute Gasteiger partial charge is 0.151 e. The number of rotatable bonds is 2. The zero-order chi connectivity index (χ0) is 11.0. The topological polar surface area (TPSA) is 55.0 Å². The highest BCUT2D eigenvalue weighted by Gasteiger charge is 2.36. The lowest BCUT2D eigenvalue weighted by Gasteiger charge is -2.17. The molecule has 0 bridgehead atoms. The minimum Gasteiger partial charge on any atom is -0.355 e. The van der Waals surface area contributed by atoms with Crippen LogP contribution in [-0.2, 0) is 6.54 Å². The van der Waals surface area contributed by atoms with Crippen LogP contribution in [0.25, 0.3) is 0 Å². The Labute approximate surface area is 95.8 Å². The van der Waals surface area contributed by atoms with E-state index in [1.165, 1.54) is 32.4 Å². The van der Waals surface area contributed by atoms with Gasteiger partial charge in [0.2, 0.25) is 0 Å². The molecule has 2 N–H and O–H groups in total. The number of fused-ring (bicyclic) bond motifs is 1. The Morgan fingerprint density at radius 1 is 1.19 bits per heavy atom. The summed E-state index contributed by atoms with van der Waals surface area (Å²) in [6, 6.07) is 4.03. The zero-order valence-electron chi connectivity index (χ0n) is 9.47. The van der Waals surface area contributed by atoms with Crippen molar-refractivity contribution in [3.05, 3.63) is 17.8 Å². The van der Waals surface area contributed by atoms with Gasteiger partial charge in [0.1, 0.15) is 0 Å². The Morgan fingerprint density at radius 2 is 1.94 bits per heavy atom. The van der Waals surface area contributed by atoms with Crippen LogP contribution in [0.5, 0.6) is 0 Å². The van der Waals surface area contributed by atoms with Crippen molar-refractivity contribution >= 4 is 5.82 Å². The monoisotopic (exact) mass is 218 g/mol. The molecule has 1 aliphatic carbocycles. The van der Waals surface area contributed by atoms with Crippen molar-refractivity contribution in [2.75, 3.05) is 18.0 Å². The van der Waals surface area contributed by atoms with E-state index in [0.717, 1.165) is 23.3 Å². The Bertz CT molecular complexity index is 350. The van der Waals surface area contributed by atoms with Gasteiger partial charge in [-0.05, 0) is 36.8 Å². The van der Waals surface area contributed by atoms with Crippen LogP contribution in [0.15, 0.2) is 12.1 Å². The van der Waals surface area contributed by atoms with Crippen molar-refractivity contribution in [3.8, 4) is 0 Å². The number of hydrogen-bond acceptors (Lipinski definition) is 4. The molecule has 2 unspecified atom stereocenters. The van der Waals surface area contributed by atoms with E-state index < -0.39 is 0 Å².